The lowest BCUT2D eigenvalue weighted by atomic mass is 9.98. The van der Waals surface area contributed by atoms with Crippen LogP contribution < -0.4 is 5.32 Å². The van der Waals surface area contributed by atoms with Gasteiger partial charge in [0.15, 0.2) is 0 Å². The van der Waals surface area contributed by atoms with Crippen LogP contribution in [-0.2, 0) is 4.79 Å². The van der Waals surface area contributed by atoms with E-state index < -0.39 is 16.9 Å². The summed E-state index contributed by atoms with van der Waals surface area (Å²) in [7, 11) is 0. The first kappa shape index (κ1) is 18.5. The number of carbonyl (C=O) groups is 1. The maximum Gasteiger partial charge on any atom is 0.237 e. The molecule has 1 atom stereocenters. The highest BCUT2D eigenvalue weighted by molar-refractivity contribution is 8.00. The monoisotopic (exact) mass is 349 g/mol. The van der Waals surface area contributed by atoms with Crippen LogP contribution in [0.25, 0.3) is 0 Å². The molecular formula is C19H21F2NOS. The first-order chi connectivity index (χ1) is 11.3. The third-order valence-electron chi connectivity index (χ3n) is 3.74. The van der Waals surface area contributed by atoms with Crippen molar-refractivity contribution in [3.63, 3.8) is 0 Å². The minimum absolute atomic E-state index is 0.131. The predicted molar refractivity (Wildman–Crippen MR) is 95.6 cm³/mol. The number of anilines is 1. The van der Waals surface area contributed by atoms with Gasteiger partial charge in [0.1, 0.15) is 11.6 Å². The van der Waals surface area contributed by atoms with Crippen LogP contribution in [0.5, 0.6) is 0 Å². The predicted octanol–water partition coefficient (Wildman–Crippen LogP) is 5.52. The average Bonchev–Trinajstić information content (AvgIpc) is 2.52. The number of hydrogen-bond acceptors (Lipinski definition) is 2. The van der Waals surface area contributed by atoms with Crippen LogP contribution in [0.15, 0.2) is 41.3 Å². The number of carbonyl (C=O) groups excluding carboxylic acids is 1. The van der Waals surface area contributed by atoms with E-state index in [2.05, 4.69) is 19.2 Å². The third-order valence-corrected chi connectivity index (χ3v) is 4.88. The smallest absolute Gasteiger partial charge is 0.237 e. The molecule has 0 unspecified atom stereocenters. The maximum absolute atomic E-state index is 13.7. The van der Waals surface area contributed by atoms with Gasteiger partial charge in [-0.3, -0.25) is 4.79 Å². The van der Waals surface area contributed by atoms with Gasteiger partial charge in [-0.15, -0.1) is 11.8 Å². The molecule has 0 aliphatic rings. The molecule has 5 heteroatoms. The van der Waals surface area contributed by atoms with Gasteiger partial charge in [0.2, 0.25) is 5.91 Å². The summed E-state index contributed by atoms with van der Waals surface area (Å²) in [5.41, 5.74) is 2.82. The van der Waals surface area contributed by atoms with Gasteiger partial charge in [-0.25, -0.2) is 8.78 Å². The Kier molecular flexibility index (Phi) is 5.99. The molecule has 0 saturated carbocycles. The summed E-state index contributed by atoms with van der Waals surface area (Å²) < 4.78 is 27.0. The lowest BCUT2D eigenvalue weighted by Crippen LogP contribution is -2.24. The number of amides is 1. The summed E-state index contributed by atoms with van der Waals surface area (Å²) in [5, 5.41) is 2.38. The van der Waals surface area contributed by atoms with Crippen LogP contribution in [-0.4, -0.2) is 11.2 Å². The fraction of sp³-hybridized carbons (Fsp3) is 0.316. The lowest BCUT2D eigenvalue weighted by Gasteiger charge is -2.18. The van der Waals surface area contributed by atoms with Crippen molar-refractivity contribution in [2.75, 3.05) is 5.32 Å². The van der Waals surface area contributed by atoms with Crippen molar-refractivity contribution in [3.8, 4) is 0 Å². The average molecular weight is 349 g/mol. The molecule has 0 radical (unpaired) electrons. The summed E-state index contributed by atoms with van der Waals surface area (Å²) in [6.07, 6.45) is 0. The van der Waals surface area contributed by atoms with Crippen LogP contribution in [0.4, 0.5) is 14.5 Å². The zero-order valence-electron chi connectivity index (χ0n) is 14.2. The Morgan fingerprint density at radius 1 is 1.12 bits per heavy atom. The first-order valence-corrected chi connectivity index (χ1v) is 8.69. The quantitative estimate of drug-likeness (QED) is 0.721. The number of rotatable bonds is 5. The van der Waals surface area contributed by atoms with Gasteiger partial charge in [-0.2, -0.15) is 0 Å². The van der Waals surface area contributed by atoms with Crippen molar-refractivity contribution >= 4 is 23.4 Å². The Bertz CT molecular complexity index is 746. The van der Waals surface area contributed by atoms with E-state index in [0.29, 0.717) is 0 Å². The standard InChI is InChI=1S/C19H21F2NOS/c1-11(2)15-7-5-6-12(3)18(15)22-19(23)13(4)24-17-10-14(20)8-9-16(17)21/h5-11,13H,1-4H3,(H,22,23)/t13-/m0/s1. The van der Waals surface area contributed by atoms with Crippen LogP contribution in [0.1, 0.15) is 37.8 Å². The van der Waals surface area contributed by atoms with Gasteiger partial charge in [-0.1, -0.05) is 32.0 Å². The molecule has 2 rings (SSSR count). The molecule has 24 heavy (non-hydrogen) atoms. The summed E-state index contributed by atoms with van der Waals surface area (Å²) in [5.74, 6) is -1.02. The molecule has 1 amide bonds. The fourth-order valence-corrected chi connectivity index (χ4v) is 3.29. The Balaban J connectivity index is 2.17. The number of benzene rings is 2. The summed E-state index contributed by atoms with van der Waals surface area (Å²) in [6, 6.07) is 9.12. The van der Waals surface area contributed by atoms with Gasteiger partial charge >= 0.3 is 0 Å². The van der Waals surface area contributed by atoms with E-state index in [1.807, 2.05) is 25.1 Å². The lowest BCUT2D eigenvalue weighted by molar-refractivity contribution is -0.115. The van der Waals surface area contributed by atoms with Crippen molar-refractivity contribution in [2.45, 2.75) is 43.8 Å². The molecule has 0 fully saturated rings. The molecule has 1 N–H and O–H groups in total. The van der Waals surface area contributed by atoms with E-state index in [4.69, 9.17) is 0 Å². The van der Waals surface area contributed by atoms with Gasteiger partial charge in [0.05, 0.1) is 5.25 Å². The molecule has 0 heterocycles. The number of thioether (sulfide) groups is 1. The zero-order chi connectivity index (χ0) is 17.9. The van der Waals surface area contributed by atoms with Gasteiger partial charge in [-0.05, 0) is 49.1 Å². The summed E-state index contributed by atoms with van der Waals surface area (Å²) >= 11 is 1.00. The van der Waals surface area contributed by atoms with Gasteiger partial charge in [0.25, 0.3) is 0 Å². The molecule has 128 valence electrons. The molecule has 0 aliphatic heterocycles. The largest absolute Gasteiger partial charge is 0.325 e. The maximum atomic E-state index is 13.7. The van der Waals surface area contributed by atoms with E-state index in [1.54, 1.807) is 6.92 Å². The molecule has 2 aromatic carbocycles. The normalized spacial score (nSPS) is 12.3. The second-order valence-corrected chi connectivity index (χ2v) is 7.40. The van der Waals surface area contributed by atoms with Crippen molar-refractivity contribution < 1.29 is 13.6 Å². The highest BCUT2D eigenvalue weighted by Gasteiger charge is 2.19. The molecule has 0 aliphatic carbocycles. The van der Waals surface area contributed by atoms with E-state index in [0.717, 1.165) is 46.8 Å². The number of halogens is 2. The Morgan fingerprint density at radius 3 is 2.50 bits per heavy atom. The van der Waals surface area contributed by atoms with E-state index >= 15 is 0 Å². The summed E-state index contributed by atoms with van der Waals surface area (Å²) in [6.45, 7) is 7.73. The Hall–Kier alpha value is -1.88. The molecule has 0 bridgehead atoms. The second-order valence-electron chi connectivity index (χ2n) is 6.02. The van der Waals surface area contributed by atoms with Crippen molar-refractivity contribution in [1.29, 1.82) is 0 Å². The highest BCUT2D eigenvalue weighted by atomic mass is 32.2. The minimum Gasteiger partial charge on any atom is -0.325 e. The number of aryl methyl sites for hydroxylation is 1. The molecule has 2 nitrogen and oxygen atoms in total. The number of hydrogen-bond donors (Lipinski definition) is 1. The first-order valence-electron chi connectivity index (χ1n) is 7.81. The van der Waals surface area contributed by atoms with Gasteiger partial charge in [0, 0.05) is 10.6 Å². The van der Waals surface area contributed by atoms with E-state index in [-0.39, 0.29) is 16.7 Å². The summed E-state index contributed by atoms with van der Waals surface area (Å²) in [4.78, 5) is 12.6. The molecule has 0 spiro atoms. The highest BCUT2D eigenvalue weighted by Crippen LogP contribution is 2.30. The Labute approximate surface area is 145 Å². The van der Waals surface area contributed by atoms with E-state index in [9.17, 15) is 13.6 Å². The second kappa shape index (κ2) is 7.79. The van der Waals surface area contributed by atoms with Crippen LogP contribution in [0.2, 0.25) is 0 Å². The number of para-hydroxylation sites is 1. The molecule has 0 aromatic heterocycles. The third kappa shape index (κ3) is 4.35. The molecular weight excluding hydrogens is 328 g/mol. The van der Waals surface area contributed by atoms with Crippen LogP contribution in [0.3, 0.4) is 0 Å². The van der Waals surface area contributed by atoms with Crippen molar-refractivity contribution in [2.24, 2.45) is 0 Å². The molecule has 2 aromatic rings. The SMILES string of the molecule is Cc1cccc(C(C)C)c1NC(=O)[C@H](C)Sc1cc(F)ccc1F. The van der Waals surface area contributed by atoms with Crippen LogP contribution in [0, 0.1) is 18.6 Å². The molecule has 0 saturated heterocycles. The van der Waals surface area contributed by atoms with E-state index in [1.165, 1.54) is 0 Å². The topological polar surface area (TPSA) is 29.1 Å². The fourth-order valence-electron chi connectivity index (χ4n) is 2.38. The zero-order valence-corrected chi connectivity index (χ0v) is 15.0. The Morgan fingerprint density at radius 2 is 1.83 bits per heavy atom. The number of nitrogens with one attached hydrogen (secondary N) is 1. The minimum atomic E-state index is -0.555. The van der Waals surface area contributed by atoms with Crippen molar-refractivity contribution in [1.82, 2.24) is 0 Å². The van der Waals surface area contributed by atoms with Gasteiger partial charge < -0.3 is 5.32 Å². The van der Waals surface area contributed by atoms with Crippen LogP contribution >= 0.6 is 11.8 Å². The van der Waals surface area contributed by atoms with Crippen molar-refractivity contribution in [3.05, 3.63) is 59.2 Å².